The largest absolute Gasteiger partial charge is 0.398 e. The van der Waals surface area contributed by atoms with Gasteiger partial charge in [-0.25, -0.2) is 0 Å². The monoisotopic (exact) mass is 378 g/mol. The fourth-order valence-corrected chi connectivity index (χ4v) is 3.64. The number of hydrogen-bond donors (Lipinski definition) is 1. The van der Waals surface area contributed by atoms with Crippen LogP contribution in [0.2, 0.25) is 5.02 Å². The van der Waals surface area contributed by atoms with Crippen LogP contribution in [0, 0.1) is 6.92 Å². The van der Waals surface area contributed by atoms with E-state index in [1.807, 2.05) is 0 Å². The molecule has 0 bridgehead atoms. The summed E-state index contributed by atoms with van der Waals surface area (Å²) in [6.07, 6.45) is -1.07. The zero-order valence-electron chi connectivity index (χ0n) is 13.7. The van der Waals surface area contributed by atoms with Crippen molar-refractivity contribution in [2.24, 2.45) is 0 Å². The second kappa shape index (κ2) is 5.58. The van der Waals surface area contributed by atoms with Crippen molar-refractivity contribution >= 4 is 22.5 Å². The Labute approximate surface area is 151 Å². The highest BCUT2D eigenvalue weighted by atomic mass is 35.5. The van der Waals surface area contributed by atoms with Crippen LogP contribution in [0.3, 0.4) is 0 Å². The highest BCUT2D eigenvalue weighted by Crippen LogP contribution is 2.59. The number of alkyl halides is 3. The molecule has 3 nitrogen and oxygen atoms in total. The summed E-state index contributed by atoms with van der Waals surface area (Å²) in [5.74, 6) is 0. The summed E-state index contributed by atoms with van der Waals surface area (Å²) >= 11 is 6.24. The third kappa shape index (κ3) is 2.43. The van der Waals surface area contributed by atoms with Crippen molar-refractivity contribution in [2.75, 3.05) is 0 Å². The molecule has 1 saturated carbocycles. The van der Waals surface area contributed by atoms with E-state index in [0.29, 0.717) is 27.7 Å². The number of hydrogen-bond acceptors (Lipinski definition) is 2. The molecule has 0 unspecified atom stereocenters. The van der Waals surface area contributed by atoms with Crippen molar-refractivity contribution in [3.05, 3.63) is 63.0 Å². The molecule has 26 heavy (non-hydrogen) atoms. The van der Waals surface area contributed by atoms with Crippen molar-refractivity contribution in [1.82, 2.24) is 9.97 Å². The number of benzene rings is 1. The van der Waals surface area contributed by atoms with Crippen LogP contribution in [0.4, 0.5) is 13.2 Å². The first-order valence-corrected chi connectivity index (χ1v) is 8.46. The van der Waals surface area contributed by atoms with Crippen molar-refractivity contribution in [2.45, 2.75) is 31.4 Å². The number of halogens is 4. The molecule has 1 N–H and O–H groups in total. The summed E-state index contributed by atoms with van der Waals surface area (Å²) in [4.78, 5) is 19.5. The van der Waals surface area contributed by atoms with Crippen molar-refractivity contribution in [3.63, 3.8) is 0 Å². The van der Waals surface area contributed by atoms with Crippen LogP contribution in [-0.2, 0) is 5.41 Å². The van der Waals surface area contributed by atoms with E-state index < -0.39 is 11.6 Å². The van der Waals surface area contributed by atoms with E-state index in [-0.39, 0.29) is 28.9 Å². The summed E-state index contributed by atoms with van der Waals surface area (Å²) in [5.41, 5.74) is 0.369. The number of nitrogens with one attached hydrogen (secondary N) is 1. The zero-order valence-corrected chi connectivity index (χ0v) is 14.5. The van der Waals surface area contributed by atoms with Gasteiger partial charge in [-0.3, -0.25) is 9.78 Å². The maximum atomic E-state index is 13.4. The molecule has 0 amide bonds. The average molecular weight is 379 g/mol. The number of aromatic amines is 1. The lowest BCUT2D eigenvalue weighted by molar-refractivity contribution is -0.160. The standard InChI is InChI=1S/C19H14ClF3N2O/c1-10-8-11(18(5-6-18)19(21,22)23)2-3-12(10)16-15(20)17(26)13-9-24-7-4-14(13)25-16/h2-4,7-9H,5-6H2,1H3,(H,25,26). The van der Waals surface area contributed by atoms with Gasteiger partial charge in [-0.2, -0.15) is 13.2 Å². The van der Waals surface area contributed by atoms with Gasteiger partial charge in [0.15, 0.2) is 0 Å². The zero-order chi connectivity index (χ0) is 18.7. The third-order valence-corrected chi connectivity index (χ3v) is 5.45. The second-order valence-corrected chi connectivity index (χ2v) is 7.05. The Hall–Kier alpha value is -2.34. The Bertz CT molecular complexity index is 1080. The normalized spacial score (nSPS) is 16.0. The molecule has 2 heterocycles. The minimum atomic E-state index is -4.26. The van der Waals surface area contributed by atoms with Crippen LogP contribution in [0.5, 0.6) is 0 Å². The molecule has 7 heteroatoms. The molecule has 0 atom stereocenters. The first kappa shape index (κ1) is 17.1. The van der Waals surface area contributed by atoms with Gasteiger partial charge in [0.25, 0.3) is 0 Å². The van der Waals surface area contributed by atoms with Crippen molar-refractivity contribution in [3.8, 4) is 11.3 Å². The number of nitrogens with zero attached hydrogens (tertiary/aromatic N) is 1. The Morgan fingerprint density at radius 2 is 1.96 bits per heavy atom. The summed E-state index contributed by atoms with van der Waals surface area (Å²) in [6, 6.07) is 6.28. The molecule has 1 aromatic carbocycles. The van der Waals surface area contributed by atoms with Gasteiger partial charge in [0, 0.05) is 18.0 Å². The Morgan fingerprint density at radius 3 is 2.58 bits per heavy atom. The Balaban J connectivity index is 1.87. The maximum absolute atomic E-state index is 13.4. The van der Waals surface area contributed by atoms with Gasteiger partial charge in [0.05, 0.1) is 22.0 Å². The van der Waals surface area contributed by atoms with Gasteiger partial charge < -0.3 is 4.98 Å². The van der Waals surface area contributed by atoms with Crippen molar-refractivity contribution < 1.29 is 13.2 Å². The molecule has 2 aromatic heterocycles. The third-order valence-electron chi connectivity index (χ3n) is 5.09. The molecule has 0 spiro atoms. The highest BCUT2D eigenvalue weighted by Gasteiger charge is 2.64. The molecule has 4 rings (SSSR count). The smallest absolute Gasteiger partial charge is 0.353 e. The lowest BCUT2D eigenvalue weighted by Gasteiger charge is -2.21. The fourth-order valence-electron chi connectivity index (χ4n) is 3.39. The predicted octanol–water partition coefficient (Wildman–Crippen LogP) is 5.15. The van der Waals surface area contributed by atoms with Gasteiger partial charge >= 0.3 is 6.18 Å². The second-order valence-electron chi connectivity index (χ2n) is 6.67. The van der Waals surface area contributed by atoms with Gasteiger partial charge in [0.2, 0.25) is 5.43 Å². The minimum absolute atomic E-state index is 0.00157. The molecule has 1 aliphatic rings. The van der Waals surface area contributed by atoms with Crippen LogP contribution in [0.15, 0.2) is 41.5 Å². The van der Waals surface area contributed by atoms with E-state index in [2.05, 4.69) is 9.97 Å². The number of H-pyrrole nitrogens is 1. The van der Waals surface area contributed by atoms with E-state index in [9.17, 15) is 18.0 Å². The minimum Gasteiger partial charge on any atom is -0.353 e. The highest BCUT2D eigenvalue weighted by molar-refractivity contribution is 6.33. The topological polar surface area (TPSA) is 45.8 Å². The van der Waals surface area contributed by atoms with Gasteiger partial charge in [-0.15, -0.1) is 0 Å². The van der Waals surface area contributed by atoms with Crippen LogP contribution < -0.4 is 5.43 Å². The first-order valence-electron chi connectivity index (χ1n) is 8.08. The lowest BCUT2D eigenvalue weighted by atomic mass is 9.91. The van der Waals surface area contributed by atoms with Gasteiger partial charge in [0.1, 0.15) is 5.02 Å². The maximum Gasteiger partial charge on any atom is 0.398 e. The summed E-state index contributed by atoms with van der Waals surface area (Å²) in [6.45, 7) is 1.72. The molecule has 1 aliphatic carbocycles. The quantitative estimate of drug-likeness (QED) is 0.670. The lowest BCUT2D eigenvalue weighted by Crippen LogP contribution is -2.28. The molecular formula is C19H14ClF3N2O. The SMILES string of the molecule is Cc1cc(C2(C(F)(F)F)CC2)ccc1-c1[nH]c2ccncc2c(=O)c1Cl. The molecule has 3 aromatic rings. The van der Waals surface area contributed by atoms with E-state index in [1.165, 1.54) is 12.3 Å². The molecule has 134 valence electrons. The van der Waals surface area contributed by atoms with E-state index >= 15 is 0 Å². The molecule has 1 fully saturated rings. The van der Waals surface area contributed by atoms with E-state index in [4.69, 9.17) is 11.6 Å². The predicted molar refractivity (Wildman–Crippen MR) is 94.5 cm³/mol. The molecule has 0 radical (unpaired) electrons. The number of fused-ring (bicyclic) bond motifs is 1. The summed E-state index contributed by atoms with van der Waals surface area (Å²) in [5, 5.41) is 0.364. The van der Waals surface area contributed by atoms with Gasteiger partial charge in [-0.1, -0.05) is 29.8 Å². The number of pyridine rings is 2. The average Bonchev–Trinajstić information content (AvgIpc) is 3.40. The van der Waals surface area contributed by atoms with Crippen LogP contribution in [0.25, 0.3) is 22.2 Å². The van der Waals surface area contributed by atoms with E-state index in [0.717, 1.165) is 0 Å². The number of aryl methyl sites for hydroxylation is 1. The molecular weight excluding hydrogens is 365 g/mol. The van der Waals surface area contributed by atoms with E-state index in [1.54, 1.807) is 31.3 Å². The van der Waals surface area contributed by atoms with Gasteiger partial charge in [-0.05, 0) is 37.0 Å². The fraction of sp³-hybridized carbons (Fsp3) is 0.263. The van der Waals surface area contributed by atoms with Crippen LogP contribution >= 0.6 is 11.6 Å². The van der Waals surface area contributed by atoms with Crippen LogP contribution in [0.1, 0.15) is 24.0 Å². The summed E-state index contributed by atoms with van der Waals surface area (Å²) < 4.78 is 40.1. The molecule has 0 saturated heterocycles. The summed E-state index contributed by atoms with van der Waals surface area (Å²) in [7, 11) is 0. The molecule has 0 aliphatic heterocycles. The number of rotatable bonds is 2. The van der Waals surface area contributed by atoms with Crippen molar-refractivity contribution in [1.29, 1.82) is 0 Å². The Kier molecular flexibility index (Phi) is 3.67. The first-order chi connectivity index (χ1) is 12.2. The Morgan fingerprint density at radius 1 is 1.23 bits per heavy atom. The number of aromatic nitrogens is 2. The van der Waals surface area contributed by atoms with Crippen LogP contribution in [-0.4, -0.2) is 16.1 Å².